The Morgan fingerprint density at radius 3 is 1.53 bits per heavy atom. The van der Waals surface area contributed by atoms with Crippen molar-refractivity contribution < 1.29 is 73.8 Å². The lowest BCUT2D eigenvalue weighted by atomic mass is 9.92. The summed E-state index contributed by atoms with van der Waals surface area (Å²) in [6.07, 6.45) is -16.8. The molecule has 3 aliphatic heterocycles. The molecule has 0 bridgehead atoms. The number of carbonyl (C=O) groups is 3. The third-order valence-corrected chi connectivity index (χ3v) is 7.55. The monoisotopic (exact) mass is 625 g/mol. The maximum absolute atomic E-state index is 12.0. The van der Waals surface area contributed by atoms with Crippen LogP contribution in [0.5, 0.6) is 0 Å². The summed E-state index contributed by atoms with van der Waals surface area (Å²) in [7, 11) is 0. The summed E-state index contributed by atoms with van der Waals surface area (Å²) in [5, 5.41) is 79.8. The molecule has 43 heavy (non-hydrogen) atoms. The average molecular weight is 626 g/mol. The van der Waals surface area contributed by atoms with E-state index in [1.807, 2.05) is 0 Å². The van der Waals surface area contributed by atoms with Crippen molar-refractivity contribution in [2.45, 2.75) is 119 Å². The molecule has 18 nitrogen and oxygen atoms in total. The third kappa shape index (κ3) is 8.35. The molecule has 0 aliphatic carbocycles. The lowest BCUT2D eigenvalue weighted by Crippen LogP contribution is -2.69. The molecule has 3 fully saturated rings. The minimum absolute atomic E-state index is 0.443. The SMILES string of the molecule is CC(=O)NC1[C@H](OCC2O[C@@H](C)C(NC(C)=O)[C@@H](O[C@@H]3OC(CO)[C@@H](O)[C@H](O)C3NC(C)=O)[C@H]2O)OC(CO)[C@@H](O)[C@@H]1O. The highest BCUT2D eigenvalue weighted by Gasteiger charge is 2.52. The first-order valence-electron chi connectivity index (χ1n) is 13.9. The number of aliphatic hydroxyl groups is 7. The molecule has 3 aliphatic rings. The van der Waals surface area contributed by atoms with E-state index >= 15 is 0 Å². The first-order chi connectivity index (χ1) is 20.2. The van der Waals surface area contributed by atoms with Crippen LogP contribution < -0.4 is 16.0 Å². The van der Waals surface area contributed by atoms with Gasteiger partial charge in [0.25, 0.3) is 0 Å². The number of aliphatic hydroxyl groups excluding tert-OH is 7. The standard InChI is InChI=1S/C25H43N3O15/c1-8-15(26-9(2)31)23(43-25-17(28-11(4)33)22(38)19(35)13(6-30)42-25)20(36)14(40-8)7-39-24-16(27-10(3)32)21(37)18(34)12(5-29)41-24/h8,12-25,29-30,34-38H,5-7H2,1-4H3,(H,26,31)(H,27,32)(H,28,33)/t8-,12?,13?,14?,15?,16?,17?,18+,19+,20-,21+,22+,23+,24+,25-/m0/s1. The summed E-state index contributed by atoms with van der Waals surface area (Å²) in [4.78, 5) is 35.6. The lowest BCUT2D eigenvalue weighted by Gasteiger charge is -2.48. The Morgan fingerprint density at radius 1 is 0.628 bits per heavy atom. The fourth-order valence-electron chi connectivity index (χ4n) is 5.41. The largest absolute Gasteiger partial charge is 0.394 e. The number of carbonyl (C=O) groups excluding carboxylic acids is 3. The van der Waals surface area contributed by atoms with Crippen LogP contribution in [0.25, 0.3) is 0 Å². The van der Waals surface area contributed by atoms with Gasteiger partial charge in [-0.2, -0.15) is 0 Å². The van der Waals surface area contributed by atoms with E-state index in [2.05, 4.69) is 16.0 Å². The van der Waals surface area contributed by atoms with Crippen LogP contribution in [0.2, 0.25) is 0 Å². The van der Waals surface area contributed by atoms with Crippen LogP contribution in [-0.4, -0.2) is 165 Å². The van der Waals surface area contributed by atoms with Crippen LogP contribution in [0, 0.1) is 0 Å². The van der Waals surface area contributed by atoms with Crippen molar-refractivity contribution >= 4 is 17.7 Å². The van der Waals surface area contributed by atoms with Gasteiger partial charge in [0.05, 0.1) is 32.0 Å². The minimum atomic E-state index is -1.64. The molecular weight excluding hydrogens is 582 g/mol. The van der Waals surface area contributed by atoms with Gasteiger partial charge in [0, 0.05) is 20.8 Å². The summed E-state index contributed by atoms with van der Waals surface area (Å²) >= 11 is 0. The van der Waals surface area contributed by atoms with E-state index < -0.39 is 129 Å². The molecule has 3 rings (SSSR count). The molecule has 0 spiro atoms. The van der Waals surface area contributed by atoms with Gasteiger partial charge in [0.1, 0.15) is 67.0 Å². The second-order valence-electron chi connectivity index (χ2n) is 10.9. The Labute approximate surface area is 247 Å². The molecule has 6 unspecified atom stereocenters. The third-order valence-electron chi connectivity index (χ3n) is 7.55. The maximum atomic E-state index is 12.0. The Bertz CT molecular complexity index is 961. The van der Waals surface area contributed by atoms with Gasteiger partial charge >= 0.3 is 0 Å². The van der Waals surface area contributed by atoms with Crippen LogP contribution in [0.1, 0.15) is 27.7 Å². The molecule has 248 valence electrons. The Hall–Kier alpha value is -2.07. The first-order valence-corrected chi connectivity index (χ1v) is 13.9. The van der Waals surface area contributed by atoms with E-state index in [1.54, 1.807) is 6.92 Å². The topological polar surface area (TPSA) is 275 Å². The predicted octanol–water partition coefficient (Wildman–Crippen LogP) is -6.07. The molecule has 18 heteroatoms. The Kier molecular flexibility index (Phi) is 12.6. The molecule has 0 aromatic heterocycles. The van der Waals surface area contributed by atoms with Crippen molar-refractivity contribution in [3.8, 4) is 0 Å². The molecule has 3 heterocycles. The van der Waals surface area contributed by atoms with Crippen LogP contribution >= 0.6 is 0 Å². The van der Waals surface area contributed by atoms with Crippen LogP contribution in [0.4, 0.5) is 0 Å². The zero-order chi connectivity index (χ0) is 32.2. The van der Waals surface area contributed by atoms with E-state index in [9.17, 15) is 50.1 Å². The zero-order valence-corrected chi connectivity index (χ0v) is 24.2. The fourth-order valence-corrected chi connectivity index (χ4v) is 5.41. The first kappa shape index (κ1) is 35.4. The molecule has 3 amide bonds. The Morgan fingerprint density at radius 2 is 1.07 bits per heavy atom. The van der Waals surface area contributed by atoms with Gasteiger partial charge in [0.15, 0.2) is 12.6 Å². The molecule has 15 atom stereocenters. The summed E-state index contributed by atoms with van der Waals surface area (Å²) in [6.45, 7) is 3.29. The van der Waals surface area contributed by atoms with Gasteiger partial charge < -0.3 is 75.4 Å². The van der Waals surface area contributed by atoms with E-state index in [4.69, 9.17) is 23.7 Å². The molecule has 10 N–H and O–H groups in total. The van der Waals surface area contributed by atoms with Gasteiger partial charge in [-0.3, -0.25) is 14.4 Å². The van der Waals surface area contributed by atoms with Gasteiger partial charge in [-0.15, -0.1) is 0 Å². The predicted molar refractivity (Wildman–Crippen MR) is 140 cm³/mol. The smallest absolute Gasteiger partial charge is 0.217 e. The van der Waals surface area contributed by atoms with Crippen LogP contribution in [-0.2, 0) is 38.1 Å². The molecular formula is C25H43N3O15. The van der Waals surface area contributed by atoms with Crippen molar-refractivity contribution in [3.05, 3.63) is 0 Å². The van der Waals surface area contributed by atoms with Gasteiger partial charge in [-0.05, 0) is 6.92 Å². The highest BCUT2D eigenvalue weighted by Crippen LogP contribution is 2.30. The van der Waals surface area contributed by atoms with Crippen molar-refractivity contribution in [3.63, 3.8) is 0 Å². The van der Waals surface area contributed by atoms with Crippen molar-refractivity contribution in [2.75, 3.05) is 19.8 Å². The highest BCUT2D eigenvalue weighted by atomic mass is 16.7. The zero-order valence-electron chi connectivity index (χ0n) is 24.2. The van der Waals surface area contributed by atoms with Gasteiger partial charge in [0.2, 0.25) is 17.7 Å². The number of ether oxygens (including phenoxy) is 5. The lowest BCUT2D eigenvalue weighted by molar-refractivity contribution is -0.315. The molecule has 0 aromatic rings. The van der Waals surface area contributed by atoms with E-state index in [0.717, 1.165) is 6.92 Å². The average Bonchev–Trinajstić information content (AvgIpc) is 2.93. The number of nitrogens with one attached hydrogen (secondary N) is 3. The van der Waals surface area contributed by atoms with E-state index in [1.165, 1.54) is 13.8 Å². The van der Waals surface area contributed by atoms with E-state index in [0.29, 0.717) is 0 Å². The van der Waals surface area contributed by atoms with Crippen molar-refractivity contribution in [1.82, 2.24) is 16.0 Å². The molecule has 0 saturated carbocycles. The Balaban J connectivity index is 1.84. The van der Waals surface area contributed by atoms with Crippen molar-refractivity contribution in [1.29, 1.82) is 0 Å². The van der Waals surface area contributed by atoms with Gasteiger partial charge in [-0.25, -0.2) is 0 Å². The number of rotatable bonds is 10. The second kappa shape index (κ2) is 15.3. The van der Waals surface area contributed by atoms with Gasteiger partial charge in [-0.1, -0.05) is 0 Å². The second-order valence-corrected chi connectivity index (χ2v) is 10.9. The minimum Gasteiger partial charge on any atom is -0.394 e. The van der Waals surface area contributed by atoms with Crippen molar-refractivity contribution in [2.24, 2.45) is 0 Å². The summed E-state index contributed by atoms with van der Waals surface area (Å²) < 4.78 is 28.9. The maximum Gasteiger partial charge on any atom is 0.217 e. The van der Waals surface area contributed by atoms with Crippen LogP contribution in [0.15, 0.2) is 0 Å². The summed E-state index contributed by atoms with van der Waals surface area (Å²) in [5.74, 6) is -1.67. The normalized spacial score (nSPS) is 43.5. The summed E-state index contributed by atoms with van der Waals surface area (Å²) in [6, 6.07) is -3.61. The molecule has 3 saturated heterocycles. The number of hydrogen-bond acceptors (Lipinski definition) is 15. The quantitative estimate of drug-likeness (QED) is 0.108. The summed E-state index contributed by atoms with van der Waals surface area (Å²) in [5.41, 5.74) is 0. The molecule has 0 aromatic carbocycles. The highest BCUT2D eigenvalue weighted by molar-refractivity contribution is 5.74. The number of hydrogen-bond donors (Lipinski definition) is 10. The van der Waals surface area contributed by atoms with Crippen LogP contribution in [0.3, 0.4) is 0 Å². The molecule has 0 radical (unpaired) electrons. The fraction of sp³-hybridized carbons (Fsp3) is 0.880. The van der Waals surface area contributed by atoms with E-state index in [-0.39, 0.29) is 0 Å². The number of amides is 3.